The van der Waals surface area contributed by atoms with Gasteiger partial charge in [-0.05, 0) is 37.1 Å². The maximum Gasteiger partial charge on any atom is 0.328 e. The number of ether oxygens (including phenoxy) is 1. The minimum absolute atomic E-state index is 0.170. The Morgan fingerprint density at radius 2 is 1.77 bits per heavy atom. The van der Waals surface area contributed by atoms with Crippen molar-refractivity contribution < 1.29 is 14.3 Å². The molecule has 5 nitrogen and oxygen atoms in total. The van der Waals surface area contributed by atoms with E-state index in [1.807, 2.05) is 48.5 Å². The van der Waals surface area contributed by atoms with Gasteiger partial charge >= 0.3 is 5.97 Å². The van der Waals surface area contributed by atoms with E-state index in [0.29, 0.717) is 5.69 Å². The first-order valence-electron chi connectivity index (χ1n) is 8.50. The van der Waals surface area contributed by atoms with Crippen LogP contribution in [0.15, 0.2) is 66.7 Å². The average Bonchev–Trinajstić information content (AvgIpc) is 2.66. The fourth-order valence-electron chi connectivity index (χ4n) is 2.48. The van der Waals surface area contributed by atoms with Crippen molar-refractivity contribution in [3.63, 3.8) is 0 Å². The van der Waals surface area contributed by atoms with Gasteiger partial charge in [0.15, 0.2) is 0 Å². The lowest BCUT2D eigenvalue weighted by molar-refractivity contribution is -0.154. The number of carbonyl (C=O) groups excluding carboxylic acids is 2. The summed E-state index contributed by atoms with van der Waals surface area (Å²) in [6.07, 6.45) is 3.08. The van der Waals surface area contributed by atoms with Crippen LogP contribution in [0.4, 0.5) is 5.69 Å². The zero-order valence-corrected chi connectivity index (χ0v) is 15.1. The quantitative estimate of drug-likeness (QED) is 0.471. The normalized spacial score (nSPS) is 11.9. The second kappa shape index (κ2) is 9.42. The summed E-state index contributed by atoms with van der Waals surface area (Å²) in [5.74, 6) is -0.721. The molecule has 2 aromatic carbocycles. The number of allylic oxidation sites excluding steroid dienone is 1. The lowest BCUT2D eigenvalue weighted by Gasteiger charge is -2.27. The predicted molar refractivity (Wildman–Crippen MR) is 102 cm³/mol. The van der Waals surface area contributed by atoms with Gasteiger partial charge in [0.2, 0.25) is 5.91 Å². The van der Waals surface area contributed by atoms with Crippen molar-refractivity contribution in [1.29, 1.82) is 0 Å². The minimum atomic E-state index is -0.734. The number of rotatable bonds is 7. The van der Waals surface area contributed by atoms with Crippen LogP contribution in [0.2, 0.25) is 0 Å². The summed E-state index contributed by atoms with van der Waals surface area (Å²) in [5, 5.41) is 0. The first-order chi connectivity index (χ1) is 12.5. The summed E-state index contributed by atoms with van der Waals surface area (Å²) in [6, 6.07) is 16.0. The Morgan fingerprint density at radius 1 is 1.12 bits per heavy atom. The van der Waals surface area contributed by atoms with Crippen LogP contribution in [0.25, 0.3) is 0 Å². The fraction of sp³-hybridized carbons (Fsp3) is 0.238. The van der Waals surface area contributed by atoms with Crippen LogP contribution in [0.1, 0.15) is 25.0 Å². The molecule has 0 aliphatic carbocycles. The molecule has 26 heavy (non-hydrogen) atoms. The highest BCUT2D eigenvalue weighted by atomic mass is 16.5. The first kappa shape index (κ1) is 19.2. The maximum absolute atomic E-state index is 12.5. The number of carbonyl (C=O) groups is 2. The Labute approximate surface area is 154 Å². The van der Waals surface area contributed by atoms with Crippen LogP contribution in [-0.4, -0.2) is 22.8 Å². The number of para-hydroxylation sites is 1. The Balaban J connectivity index is 2.11. The van der Waals surface area contributed by atoms with Crippen molar-refractivity contribution in [2.75, 3.05) is 5.73 Å². The zero-order chi connectivity index (χ0) is 18.9. The van der Waals surface area contributed by atoms with Gasteiger partial charge < -0.3 is 15.4 Å². The fourth-order valence-corrected chi connectivity index (χ4v) is 2.48. The highest BCUT2D eigenvalue weighted by Crippen LogP contribution is 2.17. The molecule has 0 spiro atoms. The predicted octanol–water partition coefficient (Wildman–Crippen LogP) is 3.31. The van der Waals surface area contributed by atoms with E-state index in [1.165, 1.54) is 11.0 Å². The van der Waals surface area contributed by atoms with Crippen LogP contribution in [0.3, 0.4) is 0 Å². The molecule has 1 amide bonds. The van der Waals surface area contributed by atoms with Crippen LogP contribution >= 0.6 is 0 Å². The number of anilines is 1. The largest absolute Gasteiger partial charge is 0.459 e. The second-order valence-electron chi connectivity index (χ2n) is 5.93. The Kier molecular flexibility index (Phi) is 6.97. The van der Waals surface area contributed by atoms with Crippen LogP contribution in [0.5, 0.6) is 0 Å². The molecule has 2 aromatic rings. The Hall–Kier alpha value is -3.08. The average molecular weight is 352 g/mol. The van der Waals surface area contributed by atoms with Crippen LogP contribution < -0.4 is 5.73 Å². The number of nitrogens with zero attached hydrogens (tertiary/aromatic N) is 1. The Morgan fingerprint density at radius 3 is 2.42 bits per heavy atom. The molecule has 0 fully saturated rings. The summed E-state index contributed by atoms with van der Waals surface area (Å²) < 4.78 is 5.38. The van der Waals surface area contributed by atoms with E-state index in [9.17, 15) is 9.59 Å². The molecule has 1 atom stereocenters. The van der Waals surface area contributed by atoms with Gasteiger partial charge in [-0.15, -0.1) is 0 Å². The number of benzene rings is 2. The van der Waals surface area contributed by atoms with Crippen molar-refractivity contribution in [3.05, 3.63) is 77.9 Å². The van der Waals surface area contributed by atoms with E-state index in [-0.39, 0.29) is 19.1 Å². The SMILES string of the molecule is C/C=C/C(=O)N(Cc1ccccc1N)[C@@H](C)C(=O)OCc1ccccc1. The van der Waals surface area contributed by atoms with E-state index in [4.69, 9.17) is 10.5 Å². The number of nitrogen functional groups attached to an aromatic ring is 1. The number of hydrogen-bond acceptors (Lipinski definition) is 4. The van der Waals surface area contributed by atoms with Crippen molar-refractivity contribution in [2.45, 2.75) is 33.0 Å². The summed E-state index contributed by atoms with van der Waals surface area (Å²) in [6.45, 7) is 3.82. The van der Waals surface area contributed by atoms with Gasteiger partial charge in [0.1, 0.15) is 12.6 Å². The first-order valence-corrected chi connectivity index (χ1v) is 8.50. The minimum Gasteiger partial charge on any atom is -0.459 e. The van der Waals surface area contributed by atoms with Gasteiger partial charge in [-0.1, -0.05) is 54.6 Å². The number of esters is 1. The molecule has 2 rings (SSSR count). The van der Waals surface area contributed by atoms with E-state index < -0.39 is 12.0 Å². The lowest BCUT2D eigenvalue weighted by Crippen LogP contribution is -2.43. The van der Waals surface area contributed by atoms with Gasteiger partial charge in [-0.2, -0.15) is 0 Å². The second-order valence-corrected chi connectivity index (χ2v) is 5.93. The lowest BCUT2D eigenvalue weighted by atomic mass is 10.1. The number of hydrogen-bond donors (Lipinski definition) is 1. The summed E-state index contributed by atoms with van der Waals surface area (Å²) in [5.41, 5.74) is 8.24. The third-order valence-corrected chi connectivity index (χ3v) is 4.02. The molecule has 0 saturated heterocycles. The van der Waals surface area contributed by atoms with Gasteiger partial charge in [0, 0.05) is 12.2 Å². The molecule has 0 heterocycles. The monoisotopic (exact) mass is 352 g/mol. The molecule has 0 aliphatic rings. The van der Waals surface area contributed by atoms with Crippen molar-refractivity contribution in [3.8, 4) is 0 Å². The van der Waals surface area contributed by atoms with Crippen LogP contribution in [-0.2, 0) is 27.5 Å². The summed E-state index contributed by atoms with van der Waals surface area (Å²) in [7, 11) is 0. The van der Waals surface area contributed by atoms with E-state index >= 15 is 0 Å². The molecule has 0 unspecified atom stereocenters. The molecule has 0 radical (unpaired) electrons. The van der Waals surface area contributed by atoms with Gasteiger partial charge in [0.25, 0.3) is 0 Å². The number of nitrogens with two attached hydrogens (primary N) is 1. The van der Waals surface area contributed by atoms with Crippen molar-refractivity contribution >= 4 is 17.6 Å². The third kappa shape index (κ3) is 5.21. The van der Waals surface area contributed by atoms with Crippen molar-refractivity contribution in [1.82, 2.24) is 4.90 Å². The molecular weight excluding hydrogens is 328 g/mol. The van der Waals surface area contributed by atoms with Gasteiger partial charge in [-0.25, -0.2) is 4.79 Å². The van der Waals surface area contributed by atoms with E-state index in [2.05, 4.69) is 0 Å². The Bertz CT molecular complexity index is 772. The van der Waals surface area contributed by atoms with Gasteiger partial charge in [0.05, 0.1) is 0 Å². The molecule has 0 aromatic heterocycles. The topological polar surface area (TPSA) is 72.6 Å². The number of amides is 1. The van der Waals surface area contributed by atoms with Crippen LogP contribution in [0, 0.1) is 0 Å². The third-order valence-electron chi connectivity index (χ3n) is 4.02. The zero-order valence-electron chi connectivity index (χ0n) is 15.1. The molecular formula is C21H24N2O3. The molecule has 0 saturated carbocycles. The molecule has 136 valence electrons. The van der Waals surface area contributed by atoms with E-state index in [1.54, 1.807) is 26.0 Å². The maximum atomic E-state index is 12.5. The molecule has 0 aliphatic heterocycles. The summed E-state index contributed by atoms with van der Waals surface area (Å²) in [4.78, 5) is 26.4. The van der Waals surface area contributed by atoms with Crippen molar-refractivity contribution in [2.24, 2.45) is 0 Å². The molecule has 2 N–H and O–H groups in total. The smallest absolute Gasteiger partial charge is 0.328 e. The van der Waals surface area contributed by atoms with Gasteiger partial charge in [-0.3, -0.25) is 4.79 Å². The molecule has 0 bridgehead atoms. The van der Waals surface area contributed by atoms with E-state index in [0.717, 1.165) is 11.1 Å². The summed E-state index contributed by atoms with van der Waals surface area (Å²) >= 11 is 0. The highest BCUT2D eigenvalue weighted by Gasteiger charge is 2.26. The highest BCUT2D eigenvalue weighted by molar-refractivity contribution is 5.91. The standard InChI is InChI=1S/C21H24N2O3/c1-3-9-20(24)23(14-18-12-7-8-13-19(18)22)16(2)21(25)26-15-17-10-5-4-6-11-17/h3-13,16H,14-15,22H2,1-2H3/b9-3+/t16-/m0/s1. The molecule has 5 heteroatoms.